The summed E-state index contributed by atoms with van der Waals surface area (Å²) in [5, 5.41) is 0. The van der Waals surface area contributed by atoms with Crippen molar-refractivity contribution in [3.8, 4) is 11.5 Å². The van der Waals surface area contributed by atoms with E-state index in [0.717, 1.165) is 19.5 Å². The van der Waals surface area contributed by atoms with Crippen LogP contribution >= 0.6 is 0 Å². The van der Waals surface area contributed by atoms with E-state index in [1.54, 1.807) is 12.1 Å². The van der Waals surface area contributed by atoms with Gasteiger partial charge in [0.05, 0.1) is 12.7 Å². The van der Waals surface area contributed by atoms with Crippen molar-refractivity contribution in [3.63, 3.8) is 0 Å². The van der Waals surface area contributed by atoms with E-state index >= 15 is 0 Å². The van der Waals surface area contributed by atoms with Crippen LogP contribution in [-0.2, 0) is 4.79 Å². The van der Waals surface area contributed by atoms with Crippen LogP contribution in [0.3, 0.4) is 0 Å². The molecule has 0 spiro atoms. The molecule has 1 aromatic carbocycles. The number of methoxy groups -OCH3 is 1. The van der Waals surface area contributed by atoms with Crippen LogP contribution in [0.5, 0.6) is 11.5 Å². The third-order valence-corrected chi connectivity index (χ3v) is 4.03. The Morgan fingerprint density at radius 1 is 1.26 bits per heavy atom. The van der Waals surface area contributed by atoms with Crippen LogP contribution < -0.4 is 15.2 Å². The summed E-state index contributed by atoms with van der Waals surface area (Å²) in [7, 11) is 1.52. The molecule has 2 rings (SSSR count). The van der Waals surface area contributed by atoms with Gasteiger partial charge in [0, 0.05) is 19.2 Å². The molecule has 1 saturated heterocycles. The topological polar surface area (TPSA) is 81.9 Å². The summed E-state index contributed by atoms with van der Waals surface area (Å²) >= 11 is 0. The summed E-state index contributed by atoms with van der Waals surface area (Å²) in [5.74, 6) is 1.10. The van der Waals surface area contributed by atoms with Gasteiger partial charge in [0.15, 0.2) is 6.61 Å². The molecule has 0 aromatic heterocycles. The summed E-state index contributed by atoms with van der Waals surface area (Å²) in [6.45, 7) is 5.65. The molecule has 1 aliphatic heterocycles. The average Bonchev–Trinajstić information content (AvgIpc) is 2.51. The average molecular weight is 320 g/mol. The van der Waals surface area contributed by atoms with Crippen molar-refractivity contribution in [2.45, 2.75) is 20.3 Å². The van der Waals surface area contributed by atoms with Gasteiger partial charge in [0.25, 0.3) is 11.8 Å². The monoisotopic (exact) mass is 320 g/mol. The molecule has 1 aromatic rings. The Kier molecular flexibility index (Phi) is 5.47. The lowest BCUT2D eigenvalue weighted by Crippen LogP contribution is -2.44. The molecule has 1 aliphatic rings. The van der Waals surface area contributed by atoms with Gasteiger partial charge in [-0.25, -0.2) is 0 Å². The lowest BCUT2D eigenvalue weighted by molar-refractivity contribution is -0.136. The second-order valence-corrected chi connectivity index (χ2v) is 6.26. The number of ether oxygens (including phenoxy) is 2. The molecule has 0 unspecified atom stereocenters. The van der Waals surface area contributed by atoms with Crippen LogP contribution in [0.25, 0.3) is 0 Å². The first-order valence-corrected chi connectivity index (χ1v) is 7.79. The summed E-state index contributed by atoms with van der Waals surface area (Å²) in [6.07, 6.45) is 1.13. The van der Waals surface area contributed by atoms with E-state index in [0.29, 0.717) is 17.6 Å². The first-order chi connectivity index (χ1) is 10.9. The van der Waals surface area contributed by atoms with Crippen LogP contribution in [-0.4, -0.2) is 43.5 Å². The predicted molar refractivity (Wildman–Crippen MR) is 86.5 cm³/mol. The lowest BCUT2D eigenvalue weighted by Gasteiger charge is -2.34. The van der Waals surface area contributed by atoms with E-state index < -0.39 is 5.91 Å². The van der Waals surface area contributed by atoms with E-state index in [4.69, 9.17) is 15.2 Å². The Bertz CT molecular complexity index is 578. The molecule has 126 valence electrons. The number of primary amides is 1. The Morgan fingerprint density at radius 2 is 1.91 bits per heavy atom. The van der Waals surface area contributed by atoms with Crippen LogP contribution in [0.1, 0.15) is 30.6 Å². The maximum absolute atomic E-state index is 12.4. The predicted octanol–water partition coefficient (Wildman–Crippen LogP) is 1.68. The van der Waals surface area contributed by atoms with Gasteiger partial charge >= 0.3 is 0 Å². The second-order valence-electron chi connectivity index (χ2n) is 6.26. The van der Waals surface area contributed by atoms with Crippen molar-refractivity contribution in [2.75, 3.05) is 26.8 Å². The summed E-state index contributed by atoms with van der Waals surface area (Å²) in [4.78, 5) is 25.6. The number of carbonyl (C=O) groups is 2. The van der Waals surface area contributed by atoms with Crippen molar-refractivity contribution < 1.29 is 19.1 Å². The minimum atomic E-state index is -0.602. The molecule has 2 amide bonds. The minimum Gasteiger partial charge on any atom is -0.497 e. The zero-order valence-electron chi connectivity index (χ0n) is 13.9. The number of nitrogens with two attached hydrogens (primary N) is 1. The van der Waals surface area contributed by atoms with E-state index in [-0.39, 0.29) is 23.8 Å². The zero-order valence-corrected chi connectivity index (χ0v) is 13.9. The van der Waals surface area contributed by atoms with Gasteiger partial charge < -0.3 is 20.1 Å². The largest absolute Gasteiger partial charge is 0.497 e. The number of rotatable bonds is 5. The molecule has 0 radical (unpaired) electrons. The Balaban J connectivity index is 2.05. The van der Waals surface area contributed by atoms with Gasteiger partial charge in [-0.3, -0.25) is 9.59 Å². The normalized spacial score (nSPS) is 20.9. The number of piperidine rings is 1. The Hall–Kier alpha value is -2.24. The van der Waals surface area contributed by atoms with Crippen molar-refractivity contribution in [1.82, 2.24) is 4.90 Å². The molecule has 6 nitrogen and oxygen atoms in total. The first kappa shape index (κ1) is 17.1. The van der Waals surface area contributed by atoms with E-state index in [1.165, 1.54) is 13.2 Å². The molecule has 1 heterocycles. The molecule has 23 heavy (non-hydrogen) atoms. The SMILES string of the molecule is COc1ccc(C(N)=O)c(OCC(=O)N2C[C@H](C)C[C@H](C)C2)c1. The van der Waals surface area contributed by atoms with Crippen molar-refractivity contribution in [3.05, 3.63) is 23.8 Å². The Labute approximate surface area is 136 Å². The summed E-state index contributed by atoms with van der Waals surface area (Å²) in [5.41, 5.74) is 5.57. The number of hydrogen-bond acceptors (Lipinski definition) is 4. The third kappa shape index (κ3) is 4.37. The number of hydrogen-bond donors (Lipinski definition) is 1. The highest BCUT2D eigenvalue weighted by Gasteiger charge is 2.25. The van der Waals surface area contributed by atoms with Crippen molar-refractivity contribution in [1.29, 1.82) is 0 Å². The highest BCUT2D eigenvalue weighted by molar-refractivity contribution is 5.96. The van der Waals surface area contributed by atoms with Gasteiger partial charge in [0.2, 0.25) is 0 Å². The maximum Gasteiger partial charge on any atom is 0.260 e. The molecule has 1 fully saturated rings. The molecule has 2 atom stereocenters. The number of nitrogens with zero attached hydrogens (tertiary/aromatic N) is 1. The van der Waals surface area contributed by atoms with E-state index in [2.05, 4.69) is 13.8 Å². The smallest absolute Gasteiger partial charge is 0.260 e. The maximum atomic E-state index is 12.4. The number of likely N-dealkylation sites (tertiary alicyclic amines) is 1. The summed E-state index contributed by atoms with van der Waals surface area (Å²) in [6, 6.07) is 4.73. The van der Waals surface area contributed by atoms with E-state index in [9.17, 15) is 9.59 Å². The fourth-order valence-corrected chi connectivity index (χ4v) is 3.05. The number of amides is 2. The second kappa shape index (κ2) is 7.35. The quantitative estimate of drug-likeness (QED) is 0.895. The third-order valence-electron chi connectivity index (χ3n) is 4.03. The Morgan fingerprint density at radius 3 is 2.48 bits per heavy atom. The molecule has 6 heteroatoms. The van der Waals surface area contributed by atoms with Crippen molar-refractivity contribution in [2.24, 2.45) is 17.6 Å². The number of carbonyl (C=O) groups excluding carboxylic acids is 2. The molecule has 2 N–H and O–H groups in total. The van der Waals surface area contributed by atoms with Gasteiger partial charge in [-0.1, -0.05) is 13.8 Å². The van der Waals surface area contributed by atoms with Gasteiger partial charge in [0.1, 0.15) is 11.5 Å². The minimum absolute atomic E-state index is 0.0818. The van der Waals surface area contributed by atoms with Crippen LogP contribution in [0, 0.1) is 11.8 Å². The van der Waals surface area contributed by atoms with Gasteiger partial charge in [-0.05, 0) is 30.4 Å². The molecule has 0 aliphatic carbocycles. The lowest BCUT2D eigenvalue weighted by atomic mass is 9.92. The zero-order chi connectivity index (χ0) is 17.0. The molecular weight excluding hydrogens is 296 g/mol. The first-order valence-electron chi connectivity index (χ1n) is 7.79. The molecular formula is C17H24N2O4. The highest BCUT2D eigenvalue weighted by atomic mass is 16.5. The van der Waals surface area contributed by atoms with Gasteiger partial charge in [-0.15, -0.1) is 0 Å². The molecule has 0 bridgehead atoms. The van der Waals surface area contributed by atoms with Crippen LogP contribution in [0.15, 0.2) is 18.2 Å². The fraction of sp³-hybridized carbons (Fsp3) is 0.529. The standard InChI is InChI=1S/C17H24N2O4/c1-11-6-12(2)9-19(8-11)16(20)10-23-15-7-13(22-3)4-5-14(15)17(18)21/h4-5,7,11-12H,6,8-10H2,1-3H3,(H2,18,21)/t11-,12+. The fourth-order valence-electron chi connectivity index (χ4n) is 3.05. The molecule has 0 saturated carbocycles. The van der Waals surface area contributed by atoms with Crippen molar-refractivity contribution >= 4 is 11.8 Å². The highest BCUT2D eigenvalue weighted by Crippen LogP contribution is 2.25. The summed E-state index contributed by atoms with van der Waals surface area (Å²) < 4.78 is 10.7. The van der Waals surface area contributed by atoms with Gasteiger partial charge in [-0.2, -0.15) is 0 Å². The number of benzene rings is 1. The van der Waals surface area contributed by atoms with Crippen LogP contribution in [0.4, 0.5) is 0 Å². The van der Waals surface area contributed by atoms with E-state index in [1.807, 2.05) is 4.90 Å². The van der Waals surface area contributed by atoms with Crippen LogP contribution in [0.2, 0.25) is 0 Å².